The van der Waals surface area contributed by atoms with Gasteiger partial charge in [0.2, 0.25) is 0 Å². The highest BCUT2D eigenvalue weighted by atomic mass is 16.5. The summed E-state index contributed by atoms with van der Waals surface area (Å²) >= 11 is 0. The highest BCUT2D eigenvalue weighted by molar-refractivity contribution is 5.21. The van der Waals surface area contributed by atoms with Gasteiger partial charge in [-0.05, 0) is 19.1 Å². The topological polar surface area (TPSA) is 68.4 Å². The van der Waals surface area contributed by atoms with Gasteiger partial charge in [-0.3, -0.25) is 4.98 Å². The van der Waals surface area contributed by atoms with E-state index in [9.17, 15) is 0 Å². The van der Waals surface area contributed by atoms with Crippen LogP contribution in [0.15, 0.2) is 18.3 Å². The van der Waals surface area contributed by atoms with Crippen molar-refractivity contribution in [1.29, 1.82) is 0 Å². The van der Waals surface area contributed by atoms with Gasteiger partial charge in [-0.15, -0.1) is 0 Å². The van der Waals surface area contributed by atoms with Gasteiger partial charge in [0.1, 0.15) is 5.75 Å². The van der Waals surface area contributed by atoms with Crippen molar-refractivity contribution in [2.24, 2.45) is 5.73 Å². The molecule has 0 amide bonds. The third-order valence-electron chi connectivity index (χ3n) is 1.65. The fraction of sp³-hybridized carbons (Fsp3) is 0.444. The first kappa shape index (κ1) is 9.95. The molecule has 1 aromatic rings. The molecule has 13 heavy (non-hydrogen) atoms. The summed E-state index contributed by atoms with van der Waals surface area (Å²) < 4.78 is 5.21. The molecule has 1 rings (SSSR count). The van der Waals surface area contributed by atoms with Gasteiger partial charge in [-0.1, -0.05) is 0 Å². The summed E-state index contributed by atoms with van der Waals surface area (Å²) in [6.07, 6.45) is 1.61. The first-order valence-electron chi connectivity index (χ1n) is 4.23. The molecule has 0 fully saturated rings. The van der Waals surface area contributed by atoms with Crippen molar-refractivity contribution >= 4 is 0 Å². The Hall–Kier alpha value is -1.13. The van der Waals surface area contributed by atoms with Crippen molar-refractivity contribution in [3.63, 3.8) is 0 Å². The smallest absolute Gasteiger partial charge is 0.137 e. The quantitative estimate of drug-likeness (QED) is 0.710. The number of nitrogens with two attached hydrogens (primary N) is 1. The van der Waals surface area contributed by atoms with E-state index < -0.39 is 6.04 Å². The van der Waals surface area contributed by atoms with E-state index in [1.54, 1.807) is 18.3 Å². The summed E-state index contributed by atoms with van der Waals surface area (Å²) in [5.41, 5.74) is 6.24. The first-order chi connectivity index (χ1) is 6.27. The van der Waals surface area contributed by atoms with Crippen LogP contribution in [0.2, 0.25) is 0 Å². The number of rotatable bonds is 4. The molecule has 0 aliphatic carbocycles. The van der Waals surface area contributed by atoms with Crippen LogP contribution < -0.4 is 10.5 Å². The lowest BCUT2D eigenvalue weighted by Gasteiger charge is -2.08. The van der Waals surface area contributed by atoms with Crippen LogP contribution in [0.4, 0.5) is 0 Å². The SMILES string of the molecule is CCOc1ccc([C@@H](N)CO)nc1. The van der Waals surface area contributed by atoms with Crippen molar-refractivity contribution in [2.75, 3.05) is 13.2 Å². The Morgan fingerprint density at radius 3 is 2.85 bits per heavy atom. The molecule has 1 heterocycles. The summed E-state index contributed by atoms with van der Waals surface area (Å²) in [6, 6.07) is 3.14. The van der Waals surface area contributed by atoms with Crippen molar-refractivity contribution < 1.29 is 9.84 Å². The Morgan fingerprint density at radius 1 is 1.62 bits per heavy atom. The van der Waals surface area contributed by atoms with E-state index in [1.165, 1.54) is 0 Å². The van der Waals surface area contributed by atoms with E-state index in [2.05, 4.69) is 4.98 Å². The monoisotopic (exact) mass is 182 g/mol. The average molecular weight is 182 g/mol. The van der Waals surface area contributed by atoms with Gasteiger partial charge in [0.25, 0.3) is 0 Å². The molecular weight excluding hydrogens is 168 g/mol. The number of pyridine rings is 1. The van der Waals surface area contributed by atoms with E-state index in [-0.39, 0.29) is 6.61 Å². The van der Waals surface area contributed by atoms with Crippen molar-refractivity contribution in [1.82, 2.24) is 4.98 Å². The molecule has 0 spiro atoms. The molecule has 0 aromatic carbocycles. The lowest BCUT2D eigenvalue weighted by molar-refractivity contribution is 0.265. The summed E-state index contributed by atoms with van der Waals surface area (Å²) in [7, 11) is 0. The van der Waals surface area contributed by atoms with Crippen molar-refractivity contribution in [3.05, 3.63) is 24.0 Å². The molecule has 0 aliphatic heterocycles. The third kappa shape index (κ3) is 2.68. The Kier molecular flexibility index (Phi) is 3.67. The second kappa shape index (κ2) is 4.79. The van der Waals surface area contributed by atoms with E-state index in [4.69, 9.17) is 15.6 Å². The zero-order valence-corrected chi connectivity index (χ0v) is 7.60. The minimum absolute atomic E-state index is 0.0962. The average Bonchev–Trinajstić information content (AvgIpc) is 2.18. The summed E-state index contributed by atoms with van der Waals surface area (Å²) in [5.74, 6) is 0.719. The largest absolute Gasteiger partial charge is 0.492 e. The number of hydrogen-bond acceptors (Lipinski definition) is 4. The van der Waals surface area contributed by atoms with Crippen LogP contribution in [0.3, 0.4) is 0 Å². The van der Waals surface area contributed by atoms with Crippen LogP contribution in [0.5, 0.6) is 5.75 Å². The van der Waals surface area contributed by atoms with E-state index >= 15 is 0 Å². The molecular formula is C9H14N2O2. The lowest BCUT2D eigenvalue weighted by Crippen LogP contribution is -2.15. The predicted molar refractivity (Wildman–Crippen MR) is 49.4 cm³/mol. The van der Waals surface area contributed by atoms with E-state index in [0.717, 1.165) is 5.75 Å². The zero-order chi connectivity index (χ0) is 9.68. The molecule has 0 aliphatic rings. The maximum atomic E-state index is 8.76. The van der Waals surface area contributed by atoms with Crippen molar-refractivity contribution in [3.8, 4) is 5.75 Å². The Balaban J connectivity index is 2.69. The molecule has 0 saturated heterocycles. The van der Waals surface area contributed by atoms with Crippen LogP contribution >= 0.6 is 0 Å². The molecule has 0 radical (unpaired) electrons. The zero-order valence-electron chi connectivity index (χ0n) is 7.60. The lowest BCUT2D eigenvalue weighted by atomic mass is 10.2. The summed E-state index contributed by atoms with van der Waals surface area (Å²) in [6.45, 7) is 2.43. The molecule has 3 N–H and O–H groups in total. The van der Waals surface area contributed by atoms with Gasteiger partial charge >= 0.3 is 0 Å². The van der Waals surface area contributed by atoms with Crippen LogP contribution in [0.25, 0.3) is 0 Å². The highest BCUT2D eigenvalue weighted by Crippen LogP contribution is 2.12. The Morgan fingerprint density at radius 2 is 2.38 bits per heavy atom. The third-order valence-corrected chi connectivity index (χ3v) is 1.65. The molecule has 0 saturated carbocycles. The number of hydrogen-bond donors (Lipinski definition) is 2. The van der Waals surface area contributed by atoms with Gasteiger partial charge in [0, 0.05) is 0 Å². The van der Waals surface area contributed by atoms with Crippen LogP contribution in [0.1, 0.15) is 18.7 Å². The van der Waals surface area contributed by atoms with Gasteiger partial charge in [0.15, 0.2) is 0 Å². The number of aliphatic hydroxyl groups is 1. The summed E-state index contributed by atoms with van der Waals surface area (Å²) in [4.78, 5) is 4.06. The Labute approximate surface area is 77.4 Å². The van der Waals surface area contributed by atoms with Gasteiger partial charge in [0.05, 0.1) is 31.1 Å². The molecule has 0 bridgehead atoms. The Bertz CT molecular complexity index is 248. The first-order valence-corrected chi connectivity index (χ1v) is 4.23. The summed E-state index contributed by atoms with van der Waals surface area (Å²) in [5, 5.41) is 8.76. The van der Waals surface area contributed by atoms with Gasteiger partial charge in [-0.25, -0.2) is 0 Å². The van der Waals surface area contributed by atoms with Crippen LogP contribution in [0, 0.1) is 0 Å². The fourth-order valence-corrected chi connectivity index (χ4v) is 0.957. The normalized spacial score (nSPS) is 12.5. The fourth-order valence-electron chi connectivity index (χ4n) is 0.957. The van der Waals surface area contributed by atoms with Crippen LogP contribution in [-0.4, -0.2) is 23.3 Å². The van der Waals surface area contributed by atoms with E-state index in [1.807, 2.05) is 6.92 Å². The minimum Gasteiger partial charge on any atom is -0.492 e. The number of aromatic nitrogens is 1. The maximum absolute atomic E-state index is 8.76. The number of ether oxygens (including phenoxy) is 1. The van der Waals surface area contributed by atoms with Crippen LogP contribution in [-0.2, 0) is 0 Å². The van der Waals surface area contributed by atoms with E-state index in [0.29, 0.717) is 12.3 Å². The minimum atomic E-state index is -0.407. The molecule has 72 valence electrons. The standard InChI is InChI=1S/C9H14N2O2/c1-2-13-7-3-4-9(11-5-7)8(10)6-12/h3-5,8,12H,2,6,10H2,1H3/t8-/m0/s1. The number of aliphatic hydroxyl groups excluding tert-OH is 1. The second-order valence-electron chi connectivity index (χ2n) is 2.64. The molecule has 4 heteroatoms. The molecule has 0 unspecified atom stereocenters. The second-order valence-corrected chi connectivity index (χ2v) is 2.64. The highest BCUT2D eigenvalue weighted by Gasteiger charge is 2.04. The maximum Gasteiger partial charge on any atom is 0.137 e. The predicted octanol–water partition coefficient (Wildman–Crippen LogP) is 0.472. The molecule has 4 nitrogen and oxygen atoms in total. The molecule has 1 aromatic heterocycles. The van der Waals surface area contributed by atoms with Gasteiger partial charge in [-0.2, -0.15) is 0 Å². The number of nitrogens with zero attached hydrogens (tertiary/aromatic N) is 1. The molecule has 1 atom stereocenters. The van der Waals surface area contributed by atoms with Crippen molar-refractivity contribution in [2.45, 2.75) is 13.0 Å². The van der Waals surface area contributed by atoms with Gasteiger partial charge < -0.3 is 15.6 Å².